The Morgan fingerprint density at radius 2 is 1.93 bits per heavy atom. The summed E-state index contributed by atoms with van der Waals surface area (Å²) in [4.78, 5) is 42.5. The number of nitrogens with one attached hydrogen (secondary N) is 1. The number of thiophene rings is 1. The van der Waals surface area contributed by atoms with Gasteiger partial charge in [0.25, 0.3) is 5.56 Å². The minimum atomic E-state index is -0.689. The standard InChI is InChI=1S/C20H15FN4O3S/c21-15-7-1-2-8-16(15)22-17(26)12-24-9-3-6-14-18(24)23-20(28)25(19(14)27)11-13-5-4-10-29-13/h1-10H,11-12H2,(H,22,26). The third-order valence-corrected chi connectivity index (χ3v) is 5.17. The van der Waals surface area contributed by atoms with Gasteiger partial charge < -0.3 is 9.88 Å². The van der Waals surface area contributed by atoms with E-state index in [-0.39, 0.29) is 30.2 Å². The van der Waals surface area contributed by atoms with Crippen molar-refractivity contribution in [3.05, 3.63) is 91.6 Å². The fraction of sp³-hybridized carbons (Fsp3) is 0.100. The molecule has 0 unspecified atom stereocenters. The van der Waals surface area contributed by atoms with Crippen LogP contribution in [0.2, 0.25) is 0 Å². The van der Waals surface area contributed by atoms with E-state index in [2.05, 4.69) is 10.3 Å². The summed E-state index contributed by atoms with van der Waals surface area (Å²) in [6.45, 7) is -0.0899. The molecule has 0 spiro atoms. The fourth-order valence-corrected chi connectivity index (χ4v) is 3.64. The Kier molecular flexibility index (Phi) is 5.05. The molecule has 1 amide bonds. The molecule has 0 bridgehead atoms. The number of halogens is 1. The number of rotatable bonds is 5. The van der Waals surface area contributed by atoms with Gasteiger partial charge in [0.15, 0.2) is 5.82 Å². The lowest BCUT2D eigenvalue weighted by Gasteiger charge is -2.15. The zero-order valence-corrected chi connectivity index (χ0v) is 15.9. The molecule has 4 rings (SSSR count). The van der Waals surface area contributed by atoms with Crippen molar-refractivity contribution in [1.29, 1.82) is 0 Å². The predicted molar refractivity (Wildman–Crippen MR) is 108 cm³/mol. The number of benzene rings is 1. The van der Waals surface area contributed by atoms with Crippen LogP contribution in [0.4, 0.5) is 10.1 Å². The third kappa shape index (κ3) is 3.85. The molecule has 146 valence electrons. The Morgan fingerprint density at radius 1 is 1.10 bits per heavy atom. The quantitative estimate of drug-likeness (QED) is 0.547. The summed E-state index contributed by atoms with van der Waals surface area (Å²) >= 11 is 1.44. The van der Waals surface area contributed by atoms with Crippen LogP contribution in [0.3, 0.4) is 0 Å². The Balaban J connectivity index is 1.66. The van der Waals surface area contributed by atoms with Gasteiger partial charge in [-0.15, -0.1) is 11.3 Å². The number of hydrogen-bond acceptors (Lipinski definition) is 5. The highest BCUT2D eigenvalue weighted by atomic mass is 32.1. The van der Waals surface area contributed by atoms with E-state index in [9.17, 15) is 18.8 Å². The summed E-state index contributed by atoms with van der Waals surface area (Å²) in [6.07, 6.45) is 1.54. The van der Waals surface area contributed by atoms with Crippen LogP contribution < -0.4 is 16.6 Å². The van der Waals surface area contributed by atoms with Crippen LogP contribution in [0.15, 0.2) is 69.7 Å². The van der Waals surface area contributed by atoms with E-state index >= 15 is 0 Å². The van der Waals surface area contributed by atoms with Crippen molar-refractivity contribution in [2.24, 2.45) is 0 Å². The number of para-hydroxylation sites is 1. The molecule has 1 aromatic carbocycles. The Labute approximate surface area is 168 Å². The van der Waals surface area contributed by atoms with Crippen LogP contribution in [0.25, 0.3) is 11.4 Å². The van der Waals surface area contributed by atoms with Gasteiger partial charge in [0.1, 0.15) is 12.4 Å². The number of amides is 1. The molecule has 1 N–H and O–H groups in total. The highest BCUT2D eigenvalue weighted by molar-refractivity contribution is 7.09. The zero-order valence-electron chi connectivity index (χ0n) is 15.0. The molecule has 1 aromatic heterocycles. The Morgan fingerprint density at radius 3 is 2.69 bits per heavy atom. The molecule has 0 saturated heterocycles. The molecule has 0 saturated carbocycles. The molecule has 0 fully saturated rings. The smallest absolute Gasteiger partial charge is 0.323 e. The number of nitrogens with zero attached hydrogens (tertiary/aromatic N) is 3. The predicted octanol–water partition coefficient (Wildman–Crippen LogP) is 2.40. The first-order valence-corrected chi connectivity index (χ1v) is 9.57. The van der Waals surface area contributed by atoms with Gasteiger partial charge in [-0.3, -0.25) is 14.2 Å². The SMILES string of the molecule is O=C(Cn1cccc2c(=O)n(Cc3cccs3)c(=O)nc1-2)Nc1ccccc1F. The lowest BCUT2D eigenvalue weighted by Crippen LogP contribution is -2.38. The summed E-state index contributed by atoms with van der Waals surface area (Å²) in [6, 6.07) is 12.6. The molecule has 0 atom stereocenters. The van der Waals surface area contributed by atoms with Gasteiger partial charge >= 0.3 is 5.69 Å². The van der Waals surface area contributed by atoms with Gasteiger partial charge in [-0.25, -0.2) is 9.18 Å². The van der Waals surface area contributed by atoms with E-state index in [4.69, 9.17) is 0 Å². The minimum Gasteiger partial charge on any atom is -0.323 e. The molecule has 9 heteroatoms. The number of carbonyl (C=O) groups excluding carboxylic acids is 1. The summed E-state index contributed by atoms with van der Waals surface area (Å²) in [7, 11) is 0. The van der Waals surface area contributed by atoms with Crippen molar-refractivity contribution in [1.82, 2.24) is 14.1 Å². The Bertz CT molecular complexity index is 1260. The van der Waals surface area contributed by atoms with E-state index < -0.39 is 23.0 Å². The van der Waals surface area contributed by atoms with E-state index in [0.717, 1.165) is 9.44 Å². The molecule has 0 aliphatic carbocycles. The molecular weight excluding hydrogens is 395 g/mol. The Hall–Kier alpha value is -3.59. The molecule has 2 aliphatic heterocycles. The van der Waals surface area contributed by atoms with Gasteiger partial charge in [0, 0.05) is 11.1 Å². The summed E-state index contributed by atoms with van der Waals surface area (Å²) in [5, 5.41) is 4.33. The average molecular weight is 410 g/mol. The second kappa shape index (κ2) is 7.80. The first-order chi connectivity index (χ1) is 14.0. The molecule has 29 heavy (non-hydrogen) atoms. The second-order valence-electron chi connectivity index (χ2n) is 6.27. The lowest BCUT2D eigenvalue weighted by atomic mass is 10.2. The van der Waals surface area contributed by atoms with E-state index in [1.807, 2.05) is 17.5 Å². The van der Waals surface area contributed by atoms with Crippen molar-refractivity contribution in [3.63, 3.8) is 0 Å². The third-order valence-electron chi connectivity index (χ3n) is 4.31. The topological polar surface area (TPSA) is 86.0 Å². The first kappa shape index (κ1) is 18.8. The van der Waals surface area contributed by atoms with Gasteiger partial charge in [-0.2, -0.15) is 4.98 Å². The van der Waals surface area contributed by atoms with Gasteiger partial charge in [0.05, 0.1) is 17.8 Å². The van der Waals surface area contributed by atoms with Crippen molar-refractivity contribution < 1.29 is 9.18 Å². The summed E-state index contributed by atoms with van der Waals surface area (Å²) in [5.74, 6) is -0.960. The lowest BCUT2D eigenvalue weighted by molar-refractivity contribution is -0.116. The van der Waals surface area contributed by atoms with E-state index in [0.29, 0.717) is 0 Å². The van der Waals surface area contributed by atoms with Gasteiger partial charge in [0.2, 0.25) is 5.91 Å². The maximum absolute atomic E-state index is 13.7. The number of carbonyl (C=O) groups is 1. The monoisotopic (exact) mass is 410 g/mol. The highest BCUT2D eigenvalue weighted by Gasteiger charge is 2.18. The van der Waals surface area contributed by atoms with Crippen molar-refractivity contribution >= 4 is 22.9 Å². The van der Waals surface area contributed by atoms with Gasteiger partial charge in [-0.1, -0.05) is 18.2 Å². The number of fused-ring (bicyclic) bond motifs is 1. The number of pyridine rings is 1. The summed E-state index contributed by atoms with van der Waals surface area (Å²) in [5.41, 5.74) is -0.890. The summed E-state index contributed by atoms with van der Waals surface area (Å²) < 4.78 is 16.2. The largest absolute Gasteiger partial charge is 0.352 e. The zero-order chi connectivity index (χ0) is 20.4. The molecular formula is C20H15FN4O3S. The number of anilines is 1. The number of hydrogen-bond donors (Lipinski definition) is 1. The fourth-order valence-electron chi connectivity index (χ4n) is 2.95. The maximum atomic E-state index is 13.7. The average Bonchev–Trinajstić information content (AvgIpc) is 3.21. The van der Waals surface area contributed by atoms with E-state index in [1.165, 1.54) is 34.1 Å². The van der Waals surface area contributed by atoms with Crippen LogP contribution in [-0.4, -0.2) is 20.0 Å². The highest BCUT2D eigenvalue weighted by Crippen LogP contribution is 2.16. The normalized spacial score (nSPS) is 10.9. The van der Waals surface area contributed by atoms with Crippen molar-refractivity contribution in [2.45, 2.75) is 13.1 Å². The molecule has 7 nitrogen and oxygen atoms in total. The molecule has 2 aliphatic rings. The van der Waals surface area contributed by atoms with Gasteiger partial charge in [-0.05, 0) is 35.7 Å². The number of aromatic nitrogens is 3. The molecule has 0 radical (unpaired) electrons. The van der Waals surface area contributed by atoms with Crippen LogP contribution in [0.5, 0.6) is 0 Å². The van der Waals surface area contributed by atoms with Crippen molar-refractivity contribution in [2.75, 3.05) is 5.32 Å². The second-order valence-corrected chi connectivity index (χ2v) is 7.30. The van der Waals surface area contributed by atoms with Crippen LogP contribution >= 0.6 is 11.3 Å². The molecule has 3 heterocycles. The maximum Gasteiger partial charge on any atom is 0.352 e. The van der Waals surface area contributed by atoms with Crippen molar-refractivity contribution in [3.8, 4) is 11.4 Å². The molecule has 2 aromatic rings. The first-order valence-electron chi connectivity index (χ1n) is 8.70. The van der Waals surface area contributed by atoms with Crippen LogP contribution in [0.1, 0.15) is 4.88 Å². The van der Waals surface area contributed by atoms with Crippen LogP contribution in [0, 0.1) is 5.82 Å². The van der Waals surface area contributed by atoms with E-state index in [1.54, 1.807) is 24.4 Å². The minimum absolute atomic E-state index is 0.0501. The van der Waals surface area contributed by atoms with Crippen LogP contribution in [-0.2, 0) is 17.9 Å².